The normalized spacial score (nSPS) is 30.0. The van der Waals surface area contributed by atoms with Crippen molar-refractivity contribution < 1.29 is 18.4 Å². The van der Waals surface area contributed by atoms with Gasteiger partial charge >= 0.3 is 0 Å². The molecule has 5 nitrogen and oxygen atoms in total. The molecule has 0 radical (unpaired) electrons. The molecule has 0 spiro atoms. The van der Waals surface area contributed by atoms with Crippen molar-refractivity contribution in [2.75, 3.05) is 0 Å². The molecule has 2 amide bonds. The first kappa shape index (κ1) is 23.5. The lowest BCUT2D eigenvalue weighted by atomic mass is 9.75. The highest BCUT2D eigenvalue weighted by Crippen LogP contribution is 2.44. The van der Waals surface area contributed by atoms with Crippen LogP contribution in [0.4, 0.5) is 8.78 Å². The maximum absolute atomic E-state index is 13.3. The van der Waals surface area contributed by atoms with Gasteiger partial charge in [-0.1, -0.05) is 31.6 Å². The Hall–Kier alpha value is -2.28. The van der Waals surface area contributed by atoms with Crippen LogP contribution in [0.25, 0.3) is 0 Å². The Morgan fingerprint density at radius 1 is 1.21 bits per heavy atom. The van der Waals surface area contributed by atoms with E-state index in [1.165, 1.54) is 18.4 Å². The van der Waals surface area contributed by atoms with Crippen molar-refractivity contribution in [2.45, 2.75) is 95.3 Å². The molecule has 2 aliphatic heterocycles. The first-order chi connectivity index (χ1) is 16.2. The second-order valence-corrected chi connectivity index (χ2v) is 10.9. The lowest BCUT2D eigenvalue weighted by Gasteiger charge is -2.42. The lowest BCUT2D eigenvalue weighted by molar-refractivity contribution is -0.126. The fourth-order valence-electron chi connectivity index (χ4n) is 6.34. The van der Waals surface area contributed by atoms with Gasteiger partial charge in [0.15, 0.2) is 0 Å². The third kappa shape index (κ3) is 4.64. The molecule has 4 atom stereocenters. The number of rotatable bonds is 6. The number of nitrogens with zero attached hydrogens (tertiary/aromatic N) is 1. The van der Waals surface area contributed by atoms with Crippen LogP contribution in [-0.2, 0) is 17.8 Å². The van der Waals surface area contributed by atoms with Crippen LogP contribution in [0.2, 0.25) is 0 Å². The van der Waals surface area contributed by atoms with E-state index in [0.717, 1.165) is 24.8 Å². The van der Waals surface area contributed by atoms with E-state index in [2.05, 4.69) is 30.2 Å². The Bertz CT molecular complexity index is 986. The van der Waals surface area contributed by atoms with Crippen molar-refractivity contribution in [1.29, 1.82) is 0 Å². The van der Waals surface area contributed by atoms with Crippen LogP contribution in [0, 0.1) is 11.8 Å². The summed E-state index contributed by atoms with van der Waals surface area (Å²) in [7, 11) is 0. The van der Waals surface area contributed by atoms with Crippen LogP contribution >= 0.6 is 0 Å². The van der Waals surface area contributed by atoms with Crippen molar-refractivity contribution in [1.82, 2.24) is 15.5 Å². The van der Waals surface area contributed by atoms with Crippen molar-refractivity contribution in [3.63, 3.8) is 0 Å². The zero-order valence-corrected chi connectivity index (χ0v) is 19.9. The van der Waals surface area contributed by atoms with Crippen LogP contribution in [0.5, 0.6) is 0 Å². The quantitative estimate of drug-likeness (QED) is 0.640. The second-order valence-electron chi connectivity index (χ2n) is 10.9. The number of benzene rings is 1. The Kier molecular flexibility index (Phi) is 6.25. The molecule has 1 aromatic rings. The molecule has 7 heteroatoms. The smallest absolute Gasteiger partial charge is 0.255 e. The topological polar surface area (TPSA) is 61.4 Å². The molecule has 0 aromatic heterocycles. The van der Waals surface area contributed by atoms with Crippen molar-refractivity contribution in [2.24, 2.45) is 11.8 Å². The van der Waals surface area contributed by atoms with E-state index < -0.39 is 12.0 Å². The Morgan fingerprint density at radius 2 is 1.97 bits per heavy atom. The number of alkyl halides is 2. The first-order valence-corrected chi connectivity index (χ1v) is 12.8. The van der Waals surface area contributed by atoms with Crippen molar-refractivity contribution in [3.8, 4) is 0 Å². The van der Waals surface area contributed by atoms with Crippen LogP contribution in [0.1, 0.15) is 79.8 Å². The van der Waals surface area contributed by atoms with Gasteiger partial charge in [0.1, 0.15) is 6.04 Å². The standard InChI is InChI=1S/C27H35F2N3O2/c1-16-7-10-24(25(33)30-16)32-15-20-12-18(8-9-22(20)26(32)34)11-19-5-3-4-6-23(19)31-17(2)21-13-27(28,29)14-21/h8-9,12,17,19,21,23-24,31H,1,3-7,10-11,13-15H2,2H3,(H,30,33)/t17-,19-,23+,24?/m1/s1. The van der Waals surface area contributed by atoms with Gasteiger partial charge in [-0.05, 0) is 68.1 Å². The van der Waals surface area contributed by atoms with Crippen LogP contribution < -0.4 is 10.6 Å². The van der Waals surface area contributed by atoms with E-state index in [-0.39, 0.29) is 36.6 Å². The minimum Gasteiger partial charge on any atom is -0.329 e. The van der Waals surface area contributed by atoms with Crippen LogP contribution in [0.15, 0.2) is 30.5 Å². The fourth-order valence-corrected chi connectivity index (χ4v) is 6.34. The van der Waals surface area contributed by atoms with Crippen molar-refractivity contribution >= 4 is 11.8 Å². The summed E-state index contributed by atoms with van der Waals surface area (Å²) in [6.07, 6.45) is 6.78. The molecule has 34 heavy (non-hydrogen) atoms. The van der Waals surface area contributed by atoms with E-state index in [9.17, 15) is 18.4 Å². The van der Waals surface area contributed by atoms with Crippen LogP contribution in [-0.4, -0.2) is 40.8 Å². The average Bonchev–Trinajstić information content (AvgIpc) is 3.09. The average molecular weight is 472 g/mol. The van der Waals surface area contributed by atoms with E-state index >= 15 is 0 Å². The largest absolute Gasteiger partial charge is 0.329 e. The predicted molar refractivity (Wildman–Crippen MR) is 126 cm³/mol. The van der Waals surface area contributed by atoms with E-state index in [4.69, 9.17) is 0 Å². The van der Waals surface area contributed by atoms with E-state index in [1.54, 1.807) is 4.90 Å². The van der Waals surface area contributed by atoms with Crippen LogP contribution in [0.3, 0.4) is 0 Å². The minimum absolute atomic E-state index is 0.00102. The van der Waals surface area contributed by atoms with E-state index in [1.807, 2.05) is 12.1 Å². The highest BCUT2D eigenvalue weighted by Gasteiger charge is 2.47. The summed E-state index contributed by atoms with van der Waals surface area (Å²) >= 11 is 0. The third-order valence-corrected chi connectivity index (χ3v) is 8.41. The predicted octanol–water partition coefficient (Wildman–Crippen LogP) is 4.56. The molecule has 2 saturated carbocycles. The minimum atomic E-state index is -2.48. The van der Waals surface area contributed by atoms with Gasteiger partial charge in [-0.3, -0.25) is 9.59 Å². The third-order valence-electron chi connectivity index (χ3n) is 8.41. The van der Waals surface area contributed by atoms with Crippen molar-refractivity contribution in [3.05, 3.63) is 47.2 Å². The number of amides is 2. The Labute approximate surface area is 200 Å². The molecular weight excluding hydrogens is 436 g/mol. The molecule has 5 rings (SSSR count). The zero-order chi connectivity index (χ0) is 24.0. The number of nitrogens with one attached hydrogen (secondary N) is 2. The molecule has 4 aliphatic rings. The monoisotopic (exact) mass is 471 g/mol. The Morgan fingerprint density at radius 3 is 2.71 bits per heavy atom. The number of hydrogen-bond acceptors (Lipinski definition) is 3. The molecule has 1 unspecified atom stereocenters. The fraction of sp³-hybridized carbons (Fsp3) is 0.630. The summed E-state index contributed by atoms with van der Waals surface area (Å²) in [6, 6.07) is 6.09. The SMILES string of the molecule is C=C1CCC(N2Cc3cc(C[C@H]4CCCC[C@@H]4N[C@H](C)C4CC(F)(F)C4)ccc3C2=O)C(=O)N1. The number of carbonyl (C=O) groups excluding carboxylic acids is 2. The lowest BCUT2D eigenvalue weighted by Crippen LogP contribution is -2.52. The molecule has 2 aliphatic carbocycles. The van der Waals surface area contributed by atoms with Gasteiger partial charge in [0.25, 0.3) is 5.91 Å². The molecule has 1 saturated heterocycles. The molecule has 3 fully saturated rings. The maximum Gasteiger partial charge on any atom is 0.255 e. The summed E-state index contributed by atoms with van der Waals surface area (Å²) in [5.74, 6) is -2.18. The maximum atomic E-state index is 13.3. The highest BCUT2D eigenvalue weighted by atomic mass is 19.3. The van der Waals surface area contributed by atoms with Gasteiger partial charge < -0.3 is 15.5 Å². The summed E-state index contributed by atoms with van der Waals surface area (Å²) in [6.45, 7) is 6.34. The van der Waals surface area contributed by atoms with Gasteiger partial charge in [-0.15, -0.1) is 0 Å². The van der Waals surface area contributed by atoms with Gasteiger partial charge in [0.05, 0.1) is 0 Å². The summed E-state index contributed by atoms with van der Waals surface area (Å²) in [5.41, 5.74) is 3.60. The summed E-state index contributed by atoms with van der Waals surface area (Å²) in [5, 5.41) is 6.48. The molecule has 1 aromatic carbocycles. The highest BCUT2D eigenvalue weighted by molar-refractivity contribution is 6.01. The van der Waals surface area contributed by atoms with Gasteiger partial charge in [0, 0.05) is 42.7 Å². The number of piperidine rings is 1. The molecule has 2 heterocycles. The first-order valence-electron chi connectivity index (χ1n) is 12.8. The number of halogens is 2. The number of hydrogen-bond donors (Lipinski definition) is 2. The molecule has 0 bridgehead atoms. The summed E-state index contributed by atoms with van der Waals surface area (Å²) < 4.78 is 26.7. The summed E-state index contributed by atoms with van der Waals surface area (Å²) in [4.78, 5) is 27.1. The number of fused-ring (bicyclic) bond motifs is 1. The molecular formula is C27H35F2N3O2. The zero-order valence-electron chi connectivity index (χ0n) is 19.9. The Balaban J connectivity index is 1.24. The van der Waals surface area contributed by atoms with Gasteiger partial charge in [0.2, 0.25) is 11.8 Å². The van der Waals surface area contributed by atoms with E-state index in [0.29, 0.717) is 42.6 Å². The second kappa shape index (κ2) is 9.06. The number of carbonyl (C=O) groups is 2. The van der Waals surface area contributed by atoms with Gasteiger partial charge in [-0.2, -0.15) is 0 Å². The molecule has 2 N–H and O–H groups in total. The van der Waals surface area contributed by atoms with Gasteiger partial charge in [-0.25, -0.2) is 8.78 Å². The number of allylic oxidation sites excluding steroid dienone is 1. The molecule has 184 valence electrons.